The second-order valence-corrected chi connectivity index (χ2v) is 11.5. The molecule has 1 aliphatic heterocycles. The van der Waals surface area contributed by atoms with Gasteiger partial charge in [-0.25, -0.2) is 9.78 Å². The quantitative estimate of drug-likeness (QED) is 0.219. The van der Waals surface area contributed by atoms with Crippen molar-refractivity contribution in [2.75, 3.05) is 44.6 Å². The Labute approximate surface area is 236 Å². The smallest absolute Gasteiger partial charge is 0.410 e. The van der Waals surface area contributed by atoms with Crippen LogP contribution in [-0.4, -0.2) is 88.1 Å². The first kappa shape index (κ1) is 28.7. The summed E-state index contributed by atoms with van der Waals surface area (Å²) in [5, 5.41) is 18.4. The molecule has 1 amide bonds. The largest absolute Gasteiger partial charge is 0.444 e. The number of fused-ring (bicyclic) bond motifs is 1. The Kier molecular flexibility index (Phi) is 9.68. The Morgan fingerprint density at radius 1 is 1.18 bits per heavy atom. The number of anilines is 1. The molecule has 0 atom stereocenters. The molecule has 10 nitrogen and oxygen atoms in total. The summed E-state index contributed by atoms with van der Waals surface area (Å²) in [6.07, 6.45) is 9.46. The van der Waals surface area contributed by atoms with Gasteiger partial charge in [0.05, 0.1) is 11.0 Å². The molecule has 2 aromatic heterocycles. The van der Waals surface area contributed by atoms with Gasteiger partial charge in [-0.05, 0) is 64.0 Å². The summed E-state index contributed by atoms with van der Waals surface area (Å²) in [7, 11) is 0. The van der Waals surface area contributed by atoms with Gasteiger partial charge < -0.3 is 31.0 Å². The average molecular weight is 553 g/mol. The van der Waals surface area contributed by atoms with Gasteiger partial charge in [0.2, 0.25) is 0 Å². The summed E-state index contributed by atoms with van der Waals surface area (Å²) in [6.45, 7) is 10.1. The Morgan fingerprint density at radius 3 is 2.62 bits per heavy atom. The van der Waals surface area contributed by atoms with E-state index in [4.69, 9.17) is 27.3 Å². The molecule has 1 saturated carbocycles. The number of ether oxygens (including phenoxy) is 1. The minimum Gasteiger partial charge on any atom is -0.444 e. The number of nitrogens with one attached hydrogen (secondary N) is 4. The van der Waals surface area contributed by atoms with Crippen LogP contribution in [0.2, 0.25) is 0 Å². The summed E-state index contributed by atoms with van der Waals surface area (Å²) < 4.78 is 5.47. The van der Waals surface area contributed by atoms with Gasteiger partial charge in [-0.3, -0.25) is 9.88 Å². The summed E-state index contributed by atoms with van der Waals surface area (Å²) in [5.41, 5.74) is 2.57. The lowest BCUT2D eigenvalue weighted by molar-refractivity contribution is 0.0147. The third-order valence-corrected chi connectivity index (χ3v) is 7.03. The van der Waals surface area contributed by atoms with E-state index in [1.807, 2.05) is 45.2 Å². The van der Waals surface area contributed by atoms with Crippen LogP contribution in [0.1, 0.15) is 52.0 Å². The van der Waals surface area contributed by atoms with Crippen molar-refractivity contribution < 1.29 is 9.53 Å². The van der Waals surface area contributed by atoms with Crippen molar-refractivity contribution in [3.8, 4) is 0 Å². The van der Waals surface area contributed by atoms with Crippen LogP contribution in [-0.2, 0) is 4.74 Å². The fourth-order valence-corrected chi connectivity index (χ4v) is 5.01. The average Bonchev–Trinajstić information content (AvgIpc) is 3.40. The van der Waals surface area contributed by atoms with Crippen molar-refractivity contribution in [2.45, 2.75) is 58.1 Å². The molecule has 11 heteroatoms. The van der Waals surface area contributed by atoms with Crippen LogP contribution in [0.4, 0.5) is 10.6 Å². The van der Waals surface area contributed by atoms with Crippen molar-refractivity contribution >= 4 is 52.1 Å². The van der Waals surface area contributed by atoms with Gasteiger partial charge in [0.25, 0.3) is 0 Å². The summed E-state index contributed by atoms with van der Waals surface area (Å²) >= 11 is 5.47. The second-order valence-electron chi connectivity index (χ2n) is 11.0. The van der Waals surface area contributed by atoms with E-state index in [1.54, 1.807) is 11.1 Å². The van der Waals surface area contributed by atoms with E-state index in [-0.39, 0.29) is 6.09 Å². The van der Waals surface area contributed by atoms with Crippen molar-refractivity contribution in [1.82, 2.24) is 30.4 Å². The highest BCUT2D eigenvalue weighted by atomic mass is 32.1. The molecule has 2 fully saturated rings. The molecule has 2 aliphatic rings. The molecule has 0 aromatic carbocycles. The highest BCUT2D eigenvalue weighted by Crippen LogP contribution is 2.20. The summed E-state index contributed by atoms with van der Waals surface area (Å²) in [4.78, 5) is 25.6. The fraction of sp³-hybridized carbons (Fsp3) is 0.536. The van der Waals surface area contributed by atoms with Gasteiger partial charge in [0.15, 0.2) is 5.11 Å². The van der Waals surface area contributed by atoms with Crippen LogP contribution in [0.3, 0.4) is 0 Å². The van der Waals surface area contributed by atoms with E-state index in [1.165, 1.54) is 19.1 Å². The van der Waals surface area contributed by atoms with Crippen molar-refractivity contribution in [1.29, 1.82) is 5.41 Å². The number of hydrogen-bond acceptors (Lipinski definition) is 8. The van der Waals surface area contributed by atoms with Crippen molar-refractivity contribution in [3.05, 3.63) is 36.2 Å². The van der Waals surface area contributed by atoms with Gasteiger partial charge in [-0.2, -0.15) is 0 Å². The molecule has 210 valence electrons. The number of allylic oxidation sites excluding steroid dienone is 1. The number of thiocarbonyl (C=S) groups is 1. The standard InChI is InChI=1S/C28H40N8O2S/c1-28(2,3)38-27(37)36-14-12-35(13-15-36)11-10-30-18-21(17-29)20-16-24-23(31-19-20)8-9-25(33-24)34-26(39)32-22-6-4-5-7-22/h8-9,16-19,22,29-30H,4-7,10-15H2,1-3H3,(H2,32,33,34,39)/b21-18+,29-17?. The molecule has 2 aromatic rings. The van der Waals surface area contributed by atoms with Crippen LogP contribution in [0.25, 0.3) is 16.6 Å². The molecule has 0 spiro atoms. The zero-order chi connectivity index (χ0) is 27.8. The normalized spacial score (nSPS) is 17.2. The molecule has 4 N–H and O–H groups in total. The Bertz CT molecular complexity index is 1200. The van der Waals surface area contributed by atoms with Crippen LogP contribution < -0.4 is 16.0 Å². The van der Waals surface area contributed by atoms with Gasteiger partial charge in [-0.15, -0.1) is 0 Å². The van der Waals surface area contributed by atoms with Gasteiger partial charge >= 0.3 is 6.09 Å². The number of hydrogen-bond donors (Lipinski definition) is 4. The number of pyridine rings is 2. The molecular formula is C28H40N8O2S. The number of carbonyl (C=O) groups is 1. The maximum atomic E-state index is 12.3. The van der Waals surface area contributed by atoms with Gasteiger partial charge in [0, 0.05) is 75.1 Å². The number of nitrogens with zero attached hydrogens (tertiary/aromatic N) is 4. The monoisotopic (exact) mass is 552 g/mol. The molecule has 0 unspecified atom stereocenters. The SMILES string of the molecule is CC(C)(C)OC(=O)N1CCN(CCN/C=C(\C=N)c2cnc3ccc(NC(=S)NC4CCCC4)nc3c2)CC1. The van der Waals surface area contributed by atoms with E-state index in [0.717, 1.165) is 61.2 Å². The van der Waals surface area contributed by atoms with Crippen molar-refractivity contribution in [3.63, 3.8) is 0 Å². The number of amides is 1. The molecule has 39 heavy (non-hydrogen) atoms. The highest BCUT2D eigenvalue weighted by molar-refractivity contribution is 7.80. The topological polar surface area (TPSA) is 118 Å². The van der Waals surface area contributed by atoms with Crippen LogP contribution >= 0.6 is 12.2 Å². The summed E-state index contributed by atoms with van der Waals surface area (Å²) in [6, 6.07) is 6.17. The fourth-order valence-electron chi connectivity index (χ4n) is 4.74. The zero-order valence-electron chi connectivity index (χ0n) is 23.1. The molecule has 3 heterocycles. The van der Waals surface area contributed by atoms with E-state index >= 15 is 0 Å². The number of aromatic nitrogens is 2. The lowest BCUT2D eigenvalue weighted by atomic mass is 10.1. The second kappa shape index (κ2) is 13.2. The molecule has 0 radical (unpaired) electrons. The predicted octanol–water partition coefficient (Wildman–Crippen LogP) is 3.99. The van der Waals surface area contributed by atoms with E-state index in [9.17, 15) is 4.79 Å². The van der Waals surface area contributed by atoms with Crippen LogP contribution in [0.5, 0.6) is 0 Å². The minimum atomic E-state index is -0.480. The molecule has 0 bridgehead atoms. The number of carbonyl (C=O) groups excluding carboxylic acids is 1. The van der Waals surface area contributed by atoms with E-state index < -0.39 is 5.60 Å². The van der Waals surface area contributed by atoms with Gasteiger partial charge in [0.1, 0.15) is 11.4 Å². The molecule has 4 rings (SSSR count). The van der Waals surface area contributed by atoms with Crippen LogP contribution in [0.15, 0.2) is 30.6 Å². The Morgan fingerprint density at radius 2 is 1.92 bits per heavy atom. The molecular weight excluding hydrogens is 512 g/mol. The third kappa shape index (κ3) is 8.59. The van der Waals surface area contributed by atoms with E-state index in [2.05, 4.69) is 25.8 Å². The number of rotatable bonds is 8. The van der Waals surface area contributed by atoms with Crippen LogP contribution in [0, 0.1) is 5.41 Å². The lowest BCUT2D eigenvalue weighted by Gasteiger charge is -2.35. The van der Waals surface area contributed by atoms with E-state index in [0.29, 0.717) is 30.1 Å². The summed E-state index contributed by atoms with van der Waals surface area (Å²) in [5.74, 6) is 0.669. The maximum absolute atomic E-state index is 12.3. The first-order chi connectivity index (χ1) is 18.7. The first-order valence-corrected chi connectivity index (χ1v) is 14.1. The molecule has 1 aliphatic carbocycles. The van der Waals surface area contributed by atoms with Gasteiger partial charge in [-0.1, -0.05) is 12.8 Å². The minimum absolute atomic E-state index is 0.247. The third-order valence-electron chi connectivity index (χ3n) is 6.81. The van der Waals surface area contributed by atoms with Crippen molar-refractivity contribution in [2.24, 2.45) is 0 Å². The first-order valence-electron chi connectivity index (χ1n) is 13.7. The lowest BCUT2D eigenvalue weighted by Crippen LogP contribution is -2.50. The number of piperazine rings is 1. The molecule has 1 saturated heterocycles. The predicted molar refractivity (Wildman–Crippen MR) is 160 cm³/mol. The highest BCUT2D eigenvalue weighted by Gasteiger charge is 2.25. The Hall–Kier alpha value is -3.31. The maximum Gasteiger partial charge on any atom is 0.410 e. The Balaban J connectivity index is 1.28. The zero-order valence-corrected chi connectivity index (χ0v) is 23.9.